The molecule has 1 aliphatic rings. The molecule has 0 N–H and O–H groups in total. The lowest BCUT2D eigenvalue weighted by Crippen LogP contribution is -2.48. The van der Waals surface area contributed by atoms with Crippen LogP contribution >= 0.6 is 0 Å². The molecule has 2 aromatic carbocycles. The fourth-order valence-electron chi connectivity index (χ4n) is 3.27. The normalized spacial score (nSPS) is 14.9. The van der Waals surface area contributed by atoms with Crippen LogP contribution in [-0.2, 0) is 15.6 Å². The molecule has 0 aliphatic carbocycles. The van der Waals surface area contributed by atoms with E-state index in [0.29, 0.717) is 24.2 Å². The van der Waals surface area contributed by atoms with Crippen molar-refractivity contribution in [2.45, 2.75) is 5.75 Å². The minimum Gasteiger partial charge on any atom is -0.495 e. The summed E-state index contributed by atoms with van der Waals surface area (Å²) in [5.74, 6) is 0.790. The van der Waals surface area contributed by atoms with Gasteiger partial charge in [-0.3, -0.25) is 4.79 Å². The van der Waals surface area contributed by atoms with Crippen LogP contribution in [0.15, 0.2) is 48.5 Å². The van der Waals surface area contributed by atoms with Gasteiger partial charge in [0.25, 0.3) is 5.91 Å². The molecule has 1 amide bonds. The van der Waals surface area contributed by atoms with Gasteiger partial charge in [-0.05, 0) is 29.8 Å². The number of para-hydroxylation sites is 2. The van der Waals surface area contributed by atoms with Crippen LogP contribution in [0.1, 0.15) is 15.9 Å². The Hall–Kier alpha value is -2.54. The molecular formula is C20H24N2O4S. The summed E-state index contributed by atoms with van der Waals surface area (Å²) < 4.78 is 28.2. The van der Waals surface area contributed by atoms with E-state index in [2.05, 4.69) is 4.90 Å². The van der Waals surface area contributed by atoms with Crippen molar-refractivity contribution in [1.29, 1.82) is 0 Å². The maximum atomic E-state index is 12.7. The van der Waals surface area contributed by atoms with E-state index in [1.54, 1.807) is 31.4 Å². The Labute approximate surface area is 160 Å². The standard InChI is InChI=1S/C20H24N2O4S/c1-26-19-6-4-3-5-18(19)21-11-13-22(14-12-21)20(23)17-9-7-16(8-10-17)15-27(2,24)25/h3-10H,11-15H2,1-2H3. The molecule has 0 spiro atoms. The van der Waals surface area contributed by atoms with Crippen molar-refractivity contribution in [2.75, 3.05) is 44.4 Å². The summed E-state index contributed by atoms with van der Waals surface area (Å²) in [4.78, 5) is 16.8. The van der Waals surface area contributed by atoms with Crippen molar-refractivity contribution >= 4 is 21.4 Å². The number of carbonyl (C=O) groups is 1. The molecular weight excluding hydrogens is 364 g/mol. The summed E-state index contributed by atoms with van der Waals surface area (Å²) in [6, 6.07) is 14.7. The maximum absolute atomic E-state index is 12.7. The Morgan fingerprint density at radius 3 is 2.22 bits per heavy atom. The van der Waals surface area contributed by atoms with E-state index in [1.807, 2.05) is 29.2 Å². The summed E-state index contributed by atoms with van der Waals surface area (Å²) in [6.45, 7) is 2.72. The minimum atomic E-state index is -3.08. The second kappa shape index (κ2) is 8.00. The molecule has 0 radical (unpaired) electrons. The van der Waals surface area contributed by atoms with Crippen LogP contribution in [0.25, 0.3) is 0 Å². The van der Waals surface area contributed by atoms with E-state index in [4.69, 9.17) is 4.74 Å². The zero-order chi connectivity index (χ0) is 19.4. The Kier molecular flexibility index (Phi) is 5.70. The first-order valence-corrected chi connectivity index (χ1v) is 10.9. The third kappa shape index (κ3) is 4.80. The van der Waals surface area contributed by atoms with Crippen molar-refractivity contribution in [3.8, 4) is 5.75 Å². The van der Waals surface area contributed by atoms with Crippen LogP contribution in [0, 0.1) is 0 Å². The van der Waals surface area contributed by atoms with E-state index in [0.717, 1.165) is 24.5 Å². The molecule has 2 aromatic rings. The second-order valence-electron chi connectivity index (χ2n) is 6.72. The van der Waals surface area contributed by atoms with Crippen LogP contribution in [0.3, 0.4) is 0 Å². The van der Waals surface area contributed by atoms with Crippen molar-refractivity contribution < 1.29 is 17.9 Å². The Morgan fingerprint density at radius 1 is 1.00 bits per heavy atom. The minimum absolute atomic E-state index is 0.0148. The molecule has 0 saturated carbocycles. The SMILES string of the molecule is COc1ccccc1N1CCN(C(=O)c2ccc(CS(C)(=O)=O)cc2)CC1. The zero-order valence-electron chi connectivity index (χ0n) is 15.6. The van der Waals surface area contributed by atoms with Gasteiger partial charge in [0.05, 0.1) is 18.6 Å². The average Bonchev–Trinajstić information content (AvgIpc) is 2.67. The number of anilines is 1. The third-order valence-electron chi connectivity index (χ3n) is 4.62. The van der Waals surface area contributed by atoms with Crippen molar-refractivity contribution in [3.63, 3.8) is 0 Å². The van der Waals surface area contributed by atoms with Gasteiger partial charge in [0.2, 0.25) is 0 Å². The Morgan fingerprint density at radius 2 is 1.63 bits per heavy atom. The van der Waals surface area contributed by atoms with Gasteiger partial charge in [-0.15, -0.1) is 0 Å². The van der Waals surface area contributed by atoms with Gasteiger partial charge >= 0.3 is 0 Å². The van der Waals surface area contributed by atoms with Gasteiger partial charge in [0.15, 0.2) is 9.84 Å². The predicted octanol–water partition coefficient (Wildman–Crippen LogP) is 2.20. The molecule has 0 unspecified atom stereocenters. The van der Waals surface area contributed by atoms with E-state index < -0.39 is 9.84 Å². The summed E-state index contributed by atoms with van der Waals surface area (Å²) in [5.41, 5.74) is 2.31. The van der Waals surface area contributed by atoms with Gasteiger partial charge in [0.1, 0.15) is 5.75 Å². The fraction of sp³-hybridized carbons (Fsp3) is 0.350. The molecule has 1 aliphatic heterocycles. The Bertz CT molecular complexity index is 902. The lowest BCUT2D eigenvalue weighted by Gasteiger charge is -2.36. The van der Waals surface area contributed by atoms with E-state index in [9.17, 15) is 13.2 Å². The van der Waals surface area contributed by atoms with E-state index in [-0.39, 0.29) is 11.7 Å². The first kappa shape index (κ1) is 19.2. The summed E-state index contributed by atoms with van der Waals surface area (Å²) in [7, 11) is -1.42. The first-order chi connectivity index (χ1) is 12.9. The van der Waals surface area contributed by atoms with Crippen LogP contribution in [-0.4, -0.2) is 58.8 Å². The lowest BCUT2D eigenvalue weighted by molar-refractivity contribution is 0.0746. The highest BCUT2D eigenvalue weighted by Gasteiger charge is 2.23. The molecule has 0 aromatic heterocycles. The van der Waals surface area contributed by atoms with Gasteiger partial charge in [-0.25, -0.2) is 8.42 Å². The smallest absolute Gasteiger partial charge is 0.253 e. The van der Waals surface area contributed by atoms with Gasteiger partial charge in [-0.2, -0.15) is 0 Å². The number of nitrogens with zero attached hydrogens (tertiary/aromatic N) is 2. The fourth-order valence-corrected chi connectivity index (χ4v) is 4.07. The van der Waals surface area contributed by atoms with Crippen molar-refractivity contribution in [2.24, 2.45) is 0 Å². The molecule has 1 fully saturated rings. The van der Waals surface area contributed by atoms with Crippen LogP contribution in [0.5, 0.6) is 5.75 Å². The highest BCUT2D eigenvalue weighted by Crippen LogP contribution is 2.28. The molecule has 6 nitrogen and oxygen atoms in total. The molecule has 7 heteroatoms. The largest absolute Gasteiger partial charge is 0.495 e. The third-order valence-corrected chi connectivity index (χ3v) is 5.48. The Balaban J connectivity index is 1.63. The number of carbonyl (C=O) groups excluding carboxylic acids is 1. The van der Waals surface area contributed by atoms with E-state index >= 15 is 0 Å². The summed E-state index contributed by atoms with van der Waals surface area (Å²) >= 11 is 0. The second-order valence-corrected chi connectivity index (χ2v) is 8.86. The summed E-state index contributed by atoms with van der Waals surface area (Å²) in [5, 5.41) is 0. The lowest BCUT2D eigenvalue weighted by atomic mass is 10.1. The van der Waals surface area contributed by atoms with Crippen LogP contribution < -0.4 is 9.64 Å². The van der Waals surface area contributed by atoms with Gasteiger partial charge in [0, 0.05) is 38.0 Å². The number of rotatable bonds is 5. The summed E-state index contributed by atoms with van der Waals surface area (Å²) in [6.07, 6.45) is 1.20. The number of piperazine rings is 1. The number of ether oxygens (including phenoxy) is 1. The molecule has 1 heterocycles. The first-order valence-electron chi connectivity index (χ1n) is 8.81. The zero-order valence-corrected chi connectivity index (χ0v) is 16.4. The molecule has 3 rings (SSSR count). The maximum Gasteiger partial charge on any atom is 0.253 e. The van der Waals surface area contributed by atoms with Crippen molar-refractivity contribution in [3.05, 3.63) is 59.7 Å². The topological polar surface area (TPSA) is 66.9 Å². The molecule has 1 saturated heterocycles. The number of sulfone groups is 1. The number of hydrogen-bond acceptors (Lipinski definition) is 5. The monoisotopic (exact) mass is 388 g/mol. The highest BCUT2D eigenvalue weighted by molar-refractivity contribution is 7.89. The number of methoxy groups -OCH3 is 1. The molecule has 0 atom stereocenters. The van der Waals surface area contributed by atoms with Crippen molar-refractivity contribution in [1.82, 2.24) is 4.90 Å². The quantitative estimate of drug-likeness (QED) is 0.786. The van der Waals surface area contributed by atoms with Gasteiger partial charge in [-0.1, -0.05) is 24.3 Å². The predicted molar refractivity (Wildman–Crippen MR) is 106 cm³/mol. The number of benzene rings is 2. The highest BCUT2D eigenvalue weighted by atomic mass is 32.2. The average molecular weight is 388 g/mol. The van der Waals surface area contributed by atoms with Gasteiger partial charge < -0.3 is 14.5 Å². The molecule has 0 bridgehead atoms. The molecule has 27 heavy (non-hydrogen) atoms. The van der Waals surface area contributed by atoms with Crippen LogP contribution in [0.2, 0.25) is 0 Å². The van der Waals surface area contributed by atoms with E-state index in [1.165, 1.54) is 6.26 Å². The molecule has 144 valence electrons. The number of hydrogen-bond donors (Lipinski definition) is 0. The van der Waals surface area contributed by atoms with Crippen LogP contribution in [0.4, 0.5) is 5.69 Å². The number of amides is 1.